The van der Waals surface area contributed by atoms with Crippen molar-refractivity contribution in [3.63, 3.8) is 0 Å². The fraction of sp³-hybridized carbons (Fsp3) is 0.588. The summed E-state index contributed by atoms with van der Waals surface area (Å²) in [4.78, 5) is 19.0. The second-order valence-electron chi connectivity index (χ2n) is 6.68. The lowest BCUT2D eigenvalue weighted by molar-refractivity contribution is 0.0928. The van der Waals surface area contributed by atoms with Crippen LogP contribution in [-0.4, -0.2) is 40.1 Å². The van der Waals surface area contributed by atoms with Crippen molar-refractivity contribution >= 4 is 17.2 Å². The van der Waals surface area contributed by atoms with E-state index in [1.165, 1.54) is 29.7 Å². The first kappa shape index (κ1) is 15.8. The molecular formula is C17H22N4O2S. The van der Waals surface area contributed by atoms with Crippen LogP contribution in [-0.2, 0) is 19.4 Å². The number of thiazole rings is 1. The molecule has 0 spiro atoms. The monoisotopic (exact) mass is 346 g/mol. The average molecular weight is 346 g/mol. The molecule has 2 aromatic rings. The minimum absolute atomic E-state index is 0.0784. The Morgan fingerprint density at radius 3 is 3.04 bits per heavy atom. The molecule has 4 rings (SSSR count). The van der Waals surface area contributed by atoms with E-state index in [-0.39, 0.29) is 11.9 Å². The largest absolute Gasteiger partial charge is 0.361 e. The molecule has 1 aliphatic heterocycles. The van der Waals surface area contributed by atoms with E-state index in [1.807, 2.05) is 12.3 Å². The van der Waals surface area contributed by atoms with Crippen molar-refractivity contribution in [2.75, 3.05) is 13.1 Å². The highest BCUT2D eigenvalue weighted by molar-refractivity contribution is 7.09. The molecule has 0 bridgehead atoms. The number of fused-ring (bicyclic) bond motifs is 1. The molecule has 1 unspecified atom stereocenters. The Hall–Kier alpha value is -1.73. The van der Waals surface area contributed by atoms with Gasteiger partial charge in [-0.15, -0.1) is 11.3 Å². The van der Waals surface area contributed by atoms with Gasteiger partial charge in [0.2, 0.25) is 0 Å². The van der Waals surface area contributed by atoms with Gasteiger partial charge in [0.25, 0.3) is 5.91 Å². The zero-order valence-corrected chi connectivity index (χ0v) is 14.7. The Kier molecular flexibility index (Phi) is 4.37. The predicted molar refractivity (Wildman–Crippen MR) is 91.1 cm³/mol. The van der Waals surface area contributed by atoms with Crippen LogP contribution in [0.1, 0.15) is 51.8 Å². The summed E-state index contributed by atoms with van der Waals surface area (Å²) in [6.45, 7) is 5.07. The molecule has 1 atom stereocenters. The number of nitrogens with one attached hydrogen (secondary N) is 1. The molecule has 0 radical (unpaired) electrons. The van der Waals surface area contributed by atoms with Crippen molar-refractivity contribution < 1.29 is 9.32 Å². The Morgan fingerprint density at radius 1 is 1.46 bits per heavy atom. The van der Waals surface area contributed by atoms with Crippen LogP contribution < -0.4 is 5.32 Å². The summed E-state index contributed by atoms with van der Waals surface area (Å²) in [5, 5.41) is 10.1. The first-order valence-corrected chi connectivity index (χ1v) is 9.48. The summed E-state index contributed by atoms with van der Waals surface area (Å²) in [5.74, 6) is 0.921. The van der Waals surface area contributed by atoms with Gasteiger partial charge >= 0.3 is 0 Å². The van der Waals surface area contributed by atoms with Gasteiger partial charge in [-0.25, -0.2) is 4.98 Å². The van der Waals surface area contributed by atoms with Crippen LogP contribution in [0.2, 0.25) is 0 Å². The average Bonchev–Trinajstić information content (AvgIpc) is 3.30. The summed E-state index contributed by atoms with van der Waals surface area (Å²) in [6, 6.07) is 0.128. The van der Waals surface area contributed by atoms with E-state index in [4.69, 9.17) is 4.52 Å². The fourth-order valence-corrected chi connectivity index (χ4v) is 4.18. The van der Waals surface area contributed by atoms with Gasteiger partial charge in [-0.1, -0.05) is 5.16 Å². The number of amides is 1. The second kappa shape index (κ2) is 6.64. The molecule has 0 saturated carbocycles. The summed E-state index contributed by atoms with van der Waals surface area (Å²) in [5.41, 5.74) is 2.77. The van der Waals surface area contributed by atoms with Gasteiger partial charge in [-0.05, 0) is 45.7 Å². The Bertz CT molecular complexity index is 733. The van der Waals surface area contributed by atoms with E-state index >= 15 is 0 Å². The summed E-state index contributed by atoms with van der Waals surface area (Å²) >= 11 is 1.50. The molecule has 24 heavy (non-hydrogen) atoms. The molecule has 0 aromatic carbocycles. The van der Waals surface area contributed by atoms with Crippen molar-refractivity contribution in [1.82, 2.24) is 20.4 Å². The number of nitrogens with zero attached hydrogens (tertiary/aromatic N) is 3. The lowest BCUT2D eigenvalue weighted by Gasteiger charge is -2.23. The summed E-state index contributed by atoms with van der Waals surface area (Å²) < 4.78 is 5.54. The molecular weight excluding hydrogens is 324 g/mol. The Morgan fingerprint density at radius 2 is 2.29 bits per heavy atom. The van der Waals surface area contributed by atoms with Crippen LogP contribution in [0.15, 0.2) is 9.90 Å². The molecule has 7 heteroatoms. The maximum atomic E-state index is 12.3. The molecule has 1 fully saturated rings. The van der Waals surface area contributed by atoms with E-state index in [1.54, 1.807) is 0 Å². The van der Waals surface area contributed by atoms with Crippen LogP contribution in [0.5, 0.6) is 0 Å². The molecule has 6 nitrogen and oxygen atoms in total. The molecule has 1 N–H and O–H groups in total. The summed E-state index contributed by atoms with van der Waals surface area (Å²) in [6.07, 6.45) is 5.07. The number of aromatic nitrogens is 2. The molecule has 3 heterocycles. The molecule has 1 amide bonds. The number of rotatable bonds is 4. The molecule has 2 aromatic heterocycles. The minimum Gasteiger partial charge on any atom is -0.361 e. The Balaban J connectivity index is 1.42. The van der Waals surface area contributed by atoms with Crippen LogP contribution in [0.3, 0.4) is 0 Å². The predicted octanol–water partition coefficient (Wildman–Crippen LogP) is 2.32. The lowest BCUT2D eigenvalue weighted by atomic mass is 9.92. The smallest absolute Gasteiger partial charge is 0.270 e. The number of carbonyl (C=O) groups is 1. The van der Waals surface area contributed by atoms with Crippen LogP contribution in [0.4, 0.5) is 0 Å². The van der Waals surface area contributed by atoms with Crippen molar-refractivity contribution in [2.45, 2.75) is 51.6 Å². The third-order valence-electron chi connectivity index (χ3n) is 4.88. The first-order chi connectivity index (χ1) is 11.7. The van der Waals surface area contributed by atoms with Crippen molar-refractivity contribution in [3.05, 3.63) is 33.1 Å². The fourth-order valence-electron chi connectivity index (χ4n) is 3.59. The normalized spacial score (nSPS) is 21.0. The SMILES string of the molecule is Cc1nc(C(=O)NC2CCc3onc(CN4CCCC4)c3C2)cs1. The number of hydrogen-bond donors (Lipinski definition) is 1. The number of aryl methyl sites for hydroxylation is 2. The van der Waals surface area contributed by atoms with Gasteiger partial charge in [0.05, 0.1) is 5.01 Å². The van der Waals surface area contributed by atoms with Gasteiger partial charge < -0.3 is 9.84 Å². The van der Waals surface area contributed by atoms with E-state index in [2.05, 4.69) is 20.4 Å². The first-order valence-electron chi connectivity index (χ1n) is 8.60. The number of carbonyl (C=O) groups excluding carboxylic acids is 1. The topological polar surface area (TPSA) is 71.3 Å². The van der Waals surface area contributed by atoms with Gasteiger partial charge in [0, 0.05) is 30.0 Å². The zero-order valence-electron chi connectivity index (χ0n) is 13.9. The summed E-state index contributed by atoms with van der Waals surface area (Å²) in [7, 11) is 0. The zero-order chi connectivity index (χ0) is 16.5. The van der Waals surface area contributed by atoms with Gasteiger partial charge in [-0.2, -0.15) is 0 Å². The maximum absolute atomic E-state index is 12.3. The molecule has 1 saturated heterocycles. The van der Waals surface area contributed by atoms with Gasteiger partial charge in [0.15, 0.2) is 0 Å². The minimum atomic E-state index is -0.0784. The van der Waals surface area contributed by atoms with E-state index in [9.17, 15) is 4.79 Å². The van der Waals surface area contributed by atoms with Crippen LogP contribution in [0.25, 0.3) is 0 Å². The lowest BCUT2D eigenvalue weighted by Crippen LogP contribution is -2.39. The highest BCUT2D eigenvalue weighted by Crippen LogP contribution is 2.26. The van der Waals surface area contributed by atoms with Gasteiger partial charge in [0.1, 0.15) is 17.1 Å². The van der Waals surface area contributed by atoms with Crippen molar-refractivity contribution in [3.8, 4) is 0 Å². The number of likely N-dealkylation sites (tertiary alicyclic amines) is 1. The second-order valence-corrected chi connectivity index (χ2v) is 7.74. The molecule has 2 aliphatic rings. The van der Waals surface area contributed by atoms with Crippen LogP contribution >= 0.6 is 11.3 Å². The molecule has 1 aliphatic carbocycles. The third-order valence-corrected chi connectivity index (χ3v) is 5.65. The standard InChI is InChI=1S/C17H22N4O2S/c1-11-18-15(10-24-11)17(22)19-12-4-5-16-13(8-12)14(20-23-16)9-21-6-2-3-7-21/h10,12H,2-9H2,1H3,(H,19,22). The quantitative estimate of drug-likeness (QED) is 0.920. The van der Waals surface area contributed by atoms with Gasteiger partial charge in [-0.3, -0.25) is 9.69 Å². The highest BCUT2D eigenvalue weighted by Gasteiger charge is 2.28. The van der Waals surface area contributed by atoms with Crippen molar-refractivity contribution in [1.29, 1.82) is 0 Å². The highest BCUT2D eigenvalue weighted by atomic mass is 32.1. The maximum Gasteiger partial charge on any atom is 0.270 e. The van der Waals surface area contributed by atoms with E-state index in [0.717, 1.165) is 55.4 Å². The third kappa shape index (κ3) is 3.23. The molecule has 128 valence electrons. The van der Waals surface area contributed by atoms with Crippen LogP contribution in [0, 0.1) is 6.92 Å². The van der Waals surface area contributed by atoms with Crippen molar-refractivity contribution in [2.24, 2.45) is 0 Å². The van der Waals surface area contributed by atoms with E-state index in [0.29, 0.717) is 5.69 Å². The van der Waals surface area contributed by atoms with E-state index < -0.39 is 0 Å². The Labute approximate surface area is 145 Å². The number of hydrogen-bond acceptors (Lipinski definition) is 6.